The maximum Gasteiger partial charge on any atom is 0.337 e. The maximum atomic E-state index is 13.5. The van der Waals surface area contributed by atoms with Gasteiger partial charge in [-0.3, -0.25) is 9.59 Å². The number of carbonyl (C=O) groups is 2. The number of aromatic nitrogens is 2. The number of hydrogen-bond acceptors (Lipinski definition) is 4. The van der Waals surface area contributed by atoms with Crippen molar-refractivity contribution in [3.05, 3.63) is 106 Å². The second-order valence-corrected chi connectivity index (χ2v) is 7.26. The molecule has 7 heteroatoms. The van der Waals surface area contributed by atoms with Gasteiger partial charge in [-0.2, -0.15) is 5.10 Å². The Bertz CT molecular complexity index is 1380. The third-order valence-electron chi connectivity index (χ3n) is 5.20. The zero-order valence-electron chi connectivity index (χ0n) is 17.9. The topological polar surface area (TPSA) is 101 Å². The molecule has 0 fully saturated rings. The molecule has 0 radical (unpaired) electrons. The van der Waals surface area contributed by atoms with Crippen LogP contribution in [0.5, 0.6) is 0 Å². The number of carbonyl (C=O) groups excluding carboxylic acids is 1. The van der Waals surface area contributed by atoms with E-state index in [1.807, 2.05) is 48.5 Å². The fraction of sp³-hybridized carbons (Fsp3) is 0.0769. The van der Waals surface area contributed by atoms with Crippen molar-refractivity contribution < 1.29 is 14.7 Å². The van der Waals surface area contributed by atoms with Crippen LogP contribution >= 0.6 is 0 Å². The Labute approximate surface area is 190 Å². The van der Waals surface area contributed by atoms with Crippen LogP contribution in [0.3, 0.4) is 0 Å². The lowest BCUT2D eigenvalue weighted by Gasteiger charge is -2.17. The number of nitrogens with one attached hydrogen (secondary N) is 1. The highest BCUT2D eigenvalue weighted by Crippen LogP contribution is 2.32. The highest BCUT2D eigenvalue weighted by Gasteiger charge is 2.25. The van der Waals surface area contributed by atoms with Crippen molar-refractivity contribution >= 4 is 17.6 Å². The molecule has 4 aromatic rings. The summed E-state index contributed by atoms with van der Waals surface area (Å²) in [5.41, 5.74) is 1.66. The molecule has 0 unspecified atom stereocenters. The first-order chi connectivity index (χ1) is 16.0. The maximum absolute atomic E-state index is 13.5. The molecule has 33 heavy (non-hydrogen) atoms. The first-order valence-corrected chi connectivity index (χ1v) is 10.4. The van der Waals surface area contributed by atoms with Crippen LogP contribution in [-0.2, 0) is 6.54 Å². The number of amides is 1. The second-order valence-electron chi connectivity index (χ2n) is 7.26. The van der Waals surface area contributed by atoms with Crippen molar-refractivity contribution in [2.24, 2.45) is 0 Å². The molecule has 1 amide bonds. The Balaban J connectivity index is 1.98. The Kier molecular flexibility index (Phi) is 6.13. The number of benzene rings is 3. The van der Waals surface area contributed by atoms with Gasteiger partial charge in [0.1, 0.15) is 5.56 Å². The molecule has 0 aliphatic carbocycles. The Morgan fingerprint density at radius 1 is 0.879 bits per heavy atom. The smallest absolute Gasteiger partial charge is 0.337 e. The molecule has 164 valence electrons. The van der Waals surface area contributed by atoms with Gasteiger partial charge in [0, 0.05) is 17.7 Å². The standard InChI is InChI=1S/C26H21N3O4/c1-2-29-25(31)22(24(30)27-20-16-10-9-15-19(20)26(32)33)21(17-11-5-3-6-12-17)23(28-29)18-13-7-4-8-14-18/h3-16H,2H2,1H3,(H,27,30)(H,32,33). The quantitative estimate of drug-likeness (QED) is 0.459. The number of carboxylic acids is 1. The summed E-state index contributed by atoms with van der Waals surface area (Å²) in [4.78, 5) is 38.5. The predicted octanol–water partition coefficient (Wildman–Crippen LogP) is 4.55. The van der Waals surface area contributed by atoms with E-state index in [4.69, 9.17) is 0 Å². The van der Waals surface area contributed by atoms with E-state index in [0.29, 0.717) is 16.8 Å². The van der Waals surface area contributed by atoms with Gasteiger partial charge in [0.2, 0.25) is 0 Å². The molecule has 0 atom stereocenters. The predicted molar refractivity (Wildman–Crippen MR) is 126 cm³/mol. The Morgan fingerprint density at radius 3 is 2.06 bits per heavy atom. The molecule has 0 bridgehead atoms. The molecule has 0 saturated carbocycles. The van der Waals surface area contributed by atoms with E-state index in [9.17, 15) is 19.5 Å². The summed E-state index contributed by atoms with van der Waals surface area (Å²) in [5.74, 6) is -1.88. The van der Waals surface area contributed by atoms with Gasteiger partial charge in [-0.15, -0.1) is 0 Å². The van der Waals surface area contributed by atoms with Gasteiger partial charge in [0.25, 0.3) is 11.5 Å². The first kappa shape index (κ1) is 21.7. The number of nitrogens with zero attached hydrogens (tertiary/aromatic N) is 2. The zero-order valence-corrected chi connectivity index (χ0v) is 17.9. The summed E-state index contributed by atoms with van der Waals surface area (Å²) in [6.07, 6.45) is 0. The number of aryl methyl sites for hydroxylation is 1. The van der Waals surface area contributed by atoms with E-state index in [0.717, 1.165) is 5.56 Å². The monoisotopic (exact) mass is 439 g/mol. The van der Waals surface area contributed by atoms with Crippen molar-refractivity contribution in [2.75, 3.05) is 5.32 Å². The van der Waals surface area contributed by atoms with Crippen molar-refractivity contribution in [3.8, 4) is 22.4 Å². The molecule has 0 aliphatic rings. The molecular formula is C26H21N3O4. The van der Waals surface area contributed by atoms with Gasteiger partial charge in [0.05, 0.1) is 16.9 Å². The van der Waals surface area contributed by atoms with E-state index < -0.39 is 17.4 Å². The minimum absolute atomic E-state index is 0.0692. The summed E-state index contributed by atoms with van der Waals surface area (Å²) in [5, 5.41) is 16.7. The van der Waals surface area contributed by atoms with E-state index in [-0.39, 0.29) is 23.4 Å². The van der Waals surface area contributed by atoms with E-state index in [2.05, 4.69) is 10.4 Å². The SMILES string of the molecule is CCn1nc(-c2ccccc2)c(-c2ccccc2)c(C(=O)Nc2ccccc2C(=O)O)c1=O. The third-order valence-corrected chi connectivity index (χ3v) is 5.20. The number of aromatic carboxylic acids is 1. The molecular weight excluding hydrogens is 418 g/mol. The van der Waals surface area contributed by atoms with Crippen LogP contribution in [0.2, 0.25) is 0 Å². The minimum Gasteiger partial charge on any atom is -0.478 e. The van der Waals surface area contributed by atoms with Gasteiger partial charge in [-0.1, -0.05) is 72.8 Å². The summed E-state index contributed by atoms with van der Waals surface area (Å²) in [7, 11) is 0. The number of para-hydroxylation sites is 1. The average molecular weight is 439 g/mol. The van der Waals surface area contributed by atoms with Gasteiger partial charge in [-0.05, 0) is 24.6 Å². The van der Waals surface area contributed by atoms with Crippen molar-refractivity contribution in [3.63, 3.8) is 0 Å². The molecule has 0 saturated heterocycles. The van der Waals surface area contributed by atoms with Crippen LogP contribution in [0.1, 0.15) is 27.6 Å². The normalized spacial score (nSPS) is 10.6. The fourth-order valence-corrected chi connectivity index (χ4v) is 3.64. The number of carboxylic acid groups (broad SMARTS) is 1. The van der Waals surface area contributed by atoms with Crippen LogP contribution in [0.25, 0.3) is 22.4 Å². The van der Waals surface area contributed by atoms with Crippen LogP contribution in [-0.4, -0.2) is 26.8 Å². The Hall–Kier alpha value is -4.52. The first-order valence-electron chi connectivity index (χ1n) is 10.4. The van der Waals surface area contributed by atoms with Crippen molar-refractivity contribution in [2.45, 2.75) is 13.5 Å². The zero-order chi connectivity index (χ0) is 23.4. The number of anilines is 1. The van der Waals surface area contributed by atoms with Gasteiger partial charge in [-0.25, -0.2) is 9.48 Å². The molecule has 1 aromatic heterocycles. The summed E-state index contributed by atoms with van der Waals surface area (Å²) < 4.78 is 1.24. The largest absolute Gasteiger partial charge is 0.478 e. The highest BCUT2D eigenvalue weighted by atomic mass is 16.4. The summed E-state index contributed by atoms with van der Waals surface area (Å²) in [6, 6.07) is 24.5. The molecule has 0 spiro atoms. The minimum atomic E-state index is -1.18. The molecule has 7 nitrogen and oxygen atoms in total. The van der Waals surface area contributed by atoms with Crippen LogP contribution < -0.4 is 10.9 Å². The van der Waals surface area contributed by atoms with E-state index in [1.165, 1.54) is 16.8 Å². The third kappa shape index (κ3) is 4.29. The van der Waals surface area contributed by atoms with Crippen LogP contribution in [0, 0.1) is 0 Å². The highest BCUT2D eigenvalue weighted by molar-refractivity contribution is 6.12. The van der Waals surface area contributed by atoms with E-state index in [1.54, 1.807) is 31.2 Å². The van der Waals surface area contributed by atoms with E-state index >= 15 is 0 Å². The second kappa shape index (κ2) is 9.32. The number of rotatable bonds is 6. The number of hydrogen-bond donors (Lipinski definition) is 2. The molecule has 2 N–H and O–H groups in total. The summed E-state index contributed by atoms with van der Waals surface area (Å²) in [6.45, 7) is 2.03. The molecule has 4 rings (SSSR count). The fourth-order valence-electron chi connectivity index (χ4n) is 3.64. The molecule has 1 heterocycles. The van der Waals surface area contributed by atoms with Gasteiger partial charge >= 0.3 is 5.97 Å². The molecule has 3 aromatic carbocycles. The van der Waals surface area contributed by atoms with Crippen molar-refractivity contribution in [1.29, 1.82) is 0 Å². The lowest BCUT2D eigenvalue weighted by Crippen LogP contribution is -2.32. The lowest BCUT2D eigenvalue weighted by molar-refractivity contribution is 0.0698. The molecule has 0 aliphatic heterocycles. The van der Waals surface area contributed by atoms with Crippen LogP contribution in [0.15, 0.2) is 89.7 Å². The van der Waals surface area contributed by atoms with Crippen LogP contribution in [0.4, 0.5) is 5.69 Å². The van der Waals surface area contributed by atoms with Crippen molar-refractivity contribution in [1.82, 2.24) is 9.78 Å². The average Bonchev–Trinajstić information content (AvgIpc) is 2.85. The summed E-state index contributed by atoms with van der Waals surface area (Å²) >= 11 is 0. The van der Waals surface area contributed by atoms with Gasteiger partial charge in [0.15, 0.2) is 0 Å². The Morgan fingerprint density at radius 2 is 1.45 bits per heavy atom. The lowest BCUT2D eigenvalue weighted by atomic mass is 9.95. The van der Waals surface area contributed by atoms with Gasteiger partial charge < -0.3 is 10.4 Å².